The molecule has 1 saturated heterocycles. The van der Waals surface area contributed by atoms with Gasteiger partial charge in [-0.3, -0.25) is 0 Å². The molecule has 25 heavy (non-hydrogen) atoms. The van der Waals surface area contributed by atoms with Gasteiger partial charge in [0.1, 0.15) is 0 Å². The normalized spacial score (nSPS) is 40.3. The molecule has 3 aliphatic carbocycles. The van der Waals surface area contributed by atoms with Gasteiger partial charge in [0.25, 0.3) is 0 Å². The van der Waals surface area contributed by atoms with Crippen molar-refractivity contribution in [2.75, 3.05) is 0 Å². The first-order chi connectivity index (χ1) is 12.3. The summed E-state index contributed by atoms with van der Waals surface area (Å²) in [5, 5.41) is 10.0. The Bertz CT molecular complexity index is 468. The maximum Gasteiger partial charge on any atom is 0.0847 e. The van der Waals surface area contributed by atoms with E-state index in [1.807, 2.05) is 11.1 Å². The smallest absolute Gasteiger partial charge is 0.0847 e. The molecule has 1 heterocycles. The number of epoxide rings is 1. The molecule has 0 radical (unpaired) electrons. The van der Waals surface area contributed by atoms with Gasteiger partial charge in [-0.25, -0.2) is 0 Å². The van der Waals surface area contributed by atoms with Crippen molar-refractivity contribution in [3.63, 3.8) is 0 Å². The molecular formula is C23H38O2. The van der Waals surface area contributed by atoms with Gasteiger partial charge in [0.2, 0.25) is 0 Å². The number of rotatable bonds is 5. The highest BCUT2D eigenvalue weighted by Gasteiger charge is 2.46. The quantitative estimate of drug-likeness (QED) is 0.505. The van der Waals surface area contributed by atoms with Crippen molar-refractivity contribution in [2.24, 2.45) is 17.8 Å². The third-order valence-corrected chi connectivity index (χ3v) is 7.57. The predicted octanol–water partition coefficient (Wildman–Crippen LogP) is 5.78. The van der Waals surface area contributed by atoms with Crippen LogP contribution in [0.25, 0.3) is 0 Å². The molecule has 4 fully saturated rings. The molecule has 142 valence electrons. The zero-order chi connectivity index (χ0) is 17.2. The predicted molar refractivity (Wildman–Crippen MR) is 102 cm³/mol. The lowest BCUT2D eigenvalue weighted by atomic mass is 9.68. The van der Waals surface area contributed by atoms with Crippen molar-refractivity contribution >= 4 is 0 Å². The molecule has 4 aliphatic rings. The lowest BCUT2D eigenvalue weighted by Crippen LogP contribution is -2.28. The molecule has 1 N–H and O–H groups in total. The largest absolute Gasteiger partial charge is 0.393 e. The molecule has 0 amide bonds. The lowest BCUT2D eigenvalue weighted by Gasteiger charge is -2.38. The molecule has 3 saturated carbocycles. The van der Waals surface area contributed by atoms with E-state index in [0.29, 0.717) is 12.2 Å². The van der Waals surface area contributed by atoms with Crippen LogP contribution in [-0.2, 0) is 4.74 Å². The molecule has 2 nitrogen and oxygen atoms in total. The van der Waals surface area contributed by atoms with Gasteiger partial charge in [0.15, 0.2) is 0 Å². The van der Waals surface area contributed by atoms with E-state index >= 15 is 0 Å². The van der Waals surface area contributed by atoms with E-state index in [4.69, 9.17) is 4.74 Å². The second-order valence-electron chi connectivity index (χ2n) is 9.29. The molecule has 4 rings (SSSR count). The SMILES string of the molecule is CCC/C(=C(/C1CCC(O)CC1)C1CCC2OC2C1)C1CCCCC1. The number of aliphatic hydroxyl groups excluding tert-OH is 1. The number of aliphatic hydroxyl groups is 1. The Labute approximate surface area is 154 Å². The van der Waals surface area contributed by atoms with Gasteiger partial charge in [-0.05, 0) is 82.0 Å². The summed E-state index contributed by atoms with van der Waals surface area (Å²) in [5.74, 6) is 2.41. The Hall–Kier alpha value is -0.340. The van der Waals surface area contributed by atoms with E-state index in [-0.39, 0.29) is 6.10 Å². The average molecular weight is 347 g/mol. The van der Waals surface area contributed by atoms with E-state index in [0.717, 1.165) is 30.6 Å². The number of hydrogen-bond donors (Lipinski definition) is 1. The van der Waals surface area contributed by atoms with Gasteiger partial charge in [0, 0.05) is 0 Å². The van der Waals surface area contributed by atoms with Crippen LogP contribution in [0.1, 0.15) is 96.8 Å². The summed E-state index contributed by atoms with van der Waals surface area (Å²) in [4.78, 5) is 0. The first kappa shape index (κ1) is 18.0. The topological polar surface area (TPSA) is 32.8 Å². The van der Waals surface area contributed by atoms with Crippen LogP contribution < -0.4 is 0 Å². The summed E-state index contributed by atoms with van der Waals surface area (Å²) >= 11 is 0. The molecular weight excluding hydrogens is 308 g/mol. The van der Waals surface area contributed by atoms with Crippen LogP contribution in [0.15, 0.2) is 11.1 Å². The van der Waals surface area contributed by atoms with E-state index in [1.54, 1.807) is 0 Å². The minimum absolute atomic E-state index is 0.0377. The highest BCUT2D eigenvalue weighted by Crippen LogP contribution is 2.49. The Morgan fingerprint density at radius 2 is 1.52 bits per heavy atom. The zero-order valence-corrected chi connectivity index (χ0v) is 16.2. The zero-order valence-electron chi connectivity index (χ0n) is 16.2. The van der Waals surface area contributed by atoms with Crippen molar-refractivity contribution < 1.29 is 9.84 Å². The molecule has 2 heteroatoms. The maximum absolute atomic E-state index is 10.0. The fourth-order valence-corrected chi connectivity index (χ4v) is 6.24. The van der Waals surface area contributed by atoms with Crippen LogP contribution in [0.2, 0.25) is 0 Å². The molecule has 0 aromatic carbocycles. The molecule has 0 bridgehead atoms. The second kappa shape index (κ2) is 8.13. The van der Waals surface area contributed by atoms with E-state index in [9.17, 15) is 5.11 Å². The van der Waals surface area contributed by atoms with Crippen molar-refractivity contribution in [3.8, 4) is 0 Å². The average Bonchev–Trinajstić information content (AvgIpc) is 3.42. The monoisotopic (exact) mass is 346 g/mol. The van der Waals surface area contributed by atoms with Crippen molar-refractivity contribution in [1.29, 1.82) is 0 Å². The fourth-order valence-electron chi connectivity index (χ4n) is 6.24. The third-order valence-electron chi connectivity index (χ3n) is 7.57. The Balaban J connectivity index is 1.62. The third kappa shape index (κ3) is 4.16. The maximum atomic E-state index is 10.0. The van der Waals surface area contributed by atoms with Crippen LogP contribution in [-0.4, -0.2) is 23.4 Å². The summed E-state index contributed by atoms with van der Waals surface area (Å²) in [7, 11) is 0. The van der Waals surface area contributed by atoms with Crippen molar-refractivity contribution in [3.05, 3.63) is 11.1 Å². The lowest BCUT2D eigenvalue weighted by molar-refractivity contribution is 0.112. The van der Waals surface area contributed by atoms with Crippen LogP contribution in [0, 0.1) is 17.8 Å². The first-order valence-electron chi connectivity index (χ1n) is 11.3. The minimum atomic E-state index is -0.0377. The fraction of sp³-hybridized carbons (Fsp3) is 0.913. The van der Waals surface area contributed by atoms with Gasteiger partial charge in [-0.1, -0.05) is 43.8 Å². The number of fused-ring (bicyclic) bond motifs is 1. The summed E-state index contributed by atoms with van der Waals surface area (Å²) in [5.41, 5.74) is 3.77. The molecule has 1 aliphatic heterocycles. The highest BCUT2D eigenvalue weighted by molar-refractivity contribution is 5.25. The summed E-state index contributed by atoms with van der Waals surface area (Å²) in [6.07, 6.45) is 19.4. The van der Waals surface area contributed by atoms with Crippen LogP contribution >= 0.6 is 0 Å². The Morgan fingerprint density at radius 1 is 0.800 bits per heavy atom. The van der Waals surface area contributed by atoms with Crippen molar-refractivity contribution in [2.45, 2.75) is 115 Å². The minimum Gasteiger partial charge on any atom is -0.393 e. The van der Waals surface area contributed by atoms with Gasteiger partial charge >= 0.3 is 0 Å². The molecule has 3 atom stereocenters. The van der Waals surface area contributed by atoms with Crippen LogP contribution in [0.3, 0.4) is 0 Å². The van der Waals surface area contributed by atoms with Crippen LogP contribution in [0.4, 0.5) is 0 Å². The molecule has 0 aromatic rings. The van der Waals surface area contributed by atoms with Gasteiger partial charge in [-0.2, -0.15) is 0 Å². The summed E-state index contributed by atoms with van der Waals surface area (Å²) in [6.45, 7) is 2.37. The van der Waals surface area contributed by atoms with E-state index in [1.165, 1.54) is 77.0 Å². The Morgan fingerprint density at radius 3 is 2.20 bits per heavy atom. The standard InChI is InChI=1S/C23H38O2/c1-2-6-20(16-7-4-3-5-8-16)23(17-9-12-19(24)13-10-17)18-11-14-21-22(15-18)25-21/h16-19,21-22,24H,2-15H2,1H3/b23-20+. The molecule has 3 unspecified atom stereocenters. The number of hydrogen-bond acceptors (Lipinski definition) is 2. The number of ether oxygens (including phenoxy) is 1. The molecule has 0 aromatic heterocycles. The summed E-state index contributed by atoms with van der Waals surface area (Å²) < 4.78 is 5.89. The van der Waals surface area contributed by atoms with E-state index < -0.39 is 0 Å². The highest BCUT2D eigenvalue weighted by atomic mass is 16.6. The van der Waals surface area contributed by atoms with Crippen molar-refractivity contribution in [1.82, 2.24) is 0 Å². The first-order valence-corrected chi connectivity index (χ1v) is 11.3. The molecule has 0 spiro atoms. The van der Waals surface area contributed by atoms with Gasteiger partial charge < -0.3 is 9.84 Å². The van der Waals surface area contributed by atoms with E-state index in [2.05, 4.69) is 6.92 Å². The second-order valence-corrected chi connectivity index (χ2v) is 9.29. The van der Waals surface area contributed by atoms with Gasteiger partial charge in [0.05, 0.1) is 18.3 Å². The Kier molecular flexibility index (Phi) is 5.87. The summed E-state index contributed by atoms with van der Waals surface area (Å²) in [6, 6.07) is 0. The van der Waals surface area contributed by atoms with Crippen LogP contribution in [0.5, 0.6) is 0 Å². The number of allylic oxidation sites excluding steroid dienone is 2. The van der Waals surface area contributed by atoms with Gasteiger partial charge in [-0.15, -0.1) is 0 Å².